The van der Waals surface area contributed by atoms with Crippen LogP contribution in [0.3, 0.4) is 0 Å². The van der Waals surface area contributed by atoms with Crippen LogP contribution >= 0.6 is 0 Å². The summed E-state index contributed by atoms with van der Waals surface area (Å²) in [5.41, 5.74) is 0.665. The molecule has 2 fully saturated rings. The van der Waals surface area contributed by atoms with E-state index in [0.717, 1.165) is 19.0 Å². The van der Waals surface area contributed by atoms with Gasteiger partial charge in [-0.25, -0.2) is 0 Å². The number of nitrogens with zero attached hydrogens (tertiary/aromatic N) is 1. The molecule has 0 radical (unpaired) electrons. The molecule has 0 bridgehead atoms. The summed E-state index contributed by atoms with van der Waals surface area (Å²) in [7, 11) is 0. The maximum absolute atomic E-state index is 12.4. The summed E-state index contributed by atoms with van der Waals surface area (Å²) in [6.07, 6.45) is 6.57. The zero-order valence-electron chi connectivity index (χ0n) is 14.4. The van der Waals surface area contributed by atoms with E-state index < -0.39 is 0 Å². The van der Waals surface area contributed by atoms with Crippen LogP contribution in [0.5, 0.6) is 0 Å². The molecule has 0 atom stereocenters. The van der Waals surface area contributed by atoms with Gasteiger partial charge in [0.25, 0.3) is 0 Å². The quantitative estimate of drug-likeness (QED) is 0.640. The van der Waals surface area contributed by atoms with Crippen LogP contribution in [-0.2, 0) is 4.79 Å². The molecular formula is C18H33NO. The zero-order valence-corrected chi connectivity index (χ0v) is 14.4. The molecule has 1 aliphatic carbocycles. The van der Waals surface area contributed by atoms with Crippen molar-refractivity contribution in [2.45, 2.75) is 73.6 Å². The number of likely N-dealkylation sites (tertiary alicyclic amines) is 1. The van der Waals surface area contributed by atoms with Gasteiger partial charge in [0.05, 0.1) is 0 Å². The van der Waals surface area contributed by atoms with Crippen molar-refractivity contribution in [1.29, 1.82) is 0 Å². The van der Waals surface area contributed by atoms with Gasteiger partial charge in [0.2, 0.25) is 5.91 Å². The highest BCUT2D eigenvalue weighted by Crippen LogP contribution is 2.49. The molecule has 1 saturated carbocycles. The first-order valence-corrected chi connectivity index (χ1v) is 8.33. The Morgan fingerprint density at radius 3 is 2.00 bits per heavy atom. The van der Waals surface area contributed by atoms with E-state index >= 15 is 0 Å². The molecule has 1 heterocycles. The van der Waals surface area contributed by atoms with Crippen molar-refractivity contribution in [3.8, 4) is 0 Å². The minimum Gasteiger partial charge on any atom is -0.342 e. The van der Waals surface area contributed by atoms with Crippen LogP contribution in [0.25, 0.3) is 0 Å². The summed E-state index contributed by atoms with van der Waals surface area (Å²) in [5, 5.41) is 0. The Balaban J connectivity index is 1.95. The first-order valence-electron chi connectivity index (χ1n) is 8.33. The summed E-state index contributed by atoms with van der Waals surface area (Å²) in [4.78, 5) is 14.6. The predicted molar refractivity (Wildman–Crippen MR) is 84.5 cm³/mol. The molecule has 0 aromatic carbocycles. The molecule has 116 valence electrons. The third kappa shape index (κ3) is 3.20. The van der Waals surface area contributed by atoms with E-state index in [2.05, 4.69) is 25.7 Å². The number of hydrogen-bond donors (Lipinski definition) is 0. The largest absolute Gasteiger partial charge is 0.342 e. The molecule has 1 saturated heterocycles. The van der Waals surface area contributed by atoms with Gasteiger partial charge in [-0.3, -0.25) is 4.79 Å². The highest BCUT2D eigenvalue weighted by Gasteiger charge is 2.45. The first-order chi connectivity index (χ1) is 9.04. The Kier molecular flexibility index (Phi) is 3.99. The summed E-state index contributed by atoms with van der Waals surface area (Å²) < 4.78 is 0. The van der Waals surface area contributed by atoms with Gasteiger partial charge in [0.1, 0.15) is 0 Å². The van der Waals surface area contributed by atoms with Gasteiger partial charge in [0, 0.05) is 18.5 Å². The number of amides is 1. The van der Waals surface area contributed by atoms with Gasteiger partial charge >= 0.3 is 0 Å². The van der Waals surface area contributed by atoms with Gasteiger partial charge in [0.15, 0.2) is 0 Å². The number of carbonyl (C=O) groups is 1. The highest BCUT2D eigenvalue weighted by atomic mass is 16.2. The molecule has 1 amide bonds. The molecule has 1 aliphatic heterocycles. The van der Waals surface area contributed by atoms with E-state index in [9.17, 15) is 4.79 Å². The van der Waals surface area contributed by atoms with E-state index in [0.29, 0.717) is 16.7 Å². The molecule has 2 nitrogen and oxygen atoms in total. The van der Waals surface area contributed by atoms with E-state index in [1.807, 2.05) is 20.8 Å². The second-order valence-electron chi connectivity index (χ2n) is 9.37. The van der Waals surface area contributed by atoms with Gasteiger partial charge < -0.3 is 4.90 Å². The maximum Gasteiger partial charge on any atom is 0.227 e. The van der Waals surface area contributed by atoms with Crippen molar-refractivity contribution >= 4 is 5.91 Å². The molecule has 0 unspecified atom stereocenters. The highest BCUT2D eigenvalue weighted by molar-refractivity contribution is 5.81. The third-order valence-corrected chi connectivity index (χ3v) is 5.64. The fourth-order valence-corrected chi connectivity index (χ4v) is 4.09. The predicted octanol–water partition coefficient (Wildman–Crippen LogP) is 4.49. The molecule has 1 spiro atoms. The fraction of sp³-hybridized carbons (Fsp3) is 0.944. The molecule has 2 rings (SSSR count). The molecular weight excluding hydrogens is 246 g/mol. The van der Waals surface area contributed by atoms with Crippen molar-refractivity contribution < 1.29 is 4.79 Å². The third-order valence-electron chi connectivity index (χ3n) is 5.64. The van der Waals surface area contributed by atoms with Crippen molar-refractivity contribution in [3.63, 3.8) is 0 Å². The van der Waals surface area contributed by atoms with Crippen LogP contribution in [0.15, 0.2) is 0 Å². The van der Waals surface area contributed by atoms with Crippen LogP contribution in [-0.4, -0.2) is 23.9 Å². The molecule has 0 N–H and O–H groups in total. The minimum absolute atomic E-state index is 0.228. The Hall–Kier alpha value is -0.530. The molecule has 0 aromatic heterocycles. The van der Waals surface area contributed by atoms with E-state index in [4.69, 9.17) is 0 Å². The number of carbonyl (C=O) groups excluding carboxylic acids is 1. The van der Waals surface area contributed by atoms with Crippen molar-refractivity contribution in [3.05, 3.63) is 0 Å². The average molecular weight is 279 g/mol. The second-order valence-corrected chi connectivity index (χ2v) is 9.37. The van der Waals surface area contributed by atoms with E-state index in [1.165, 1.54) is 32.1 Å². The van der Waals surface area contributed by atoms with Crippen LogP contribution in [0.4, 0.5) is 0 Å². The van der Waals surface area contributed by atoms with E-state index in [-0.39, 0.29) is 5.41 Å². The lowest BCUT2D eigenvalue weighted by molar-refractivity contribution is -0.138. The normalized spacial score (nSPS) is 31.9. The van der Waals surface area contributed by atoms with Crippen molar-refractivity contribution in [2.75, 3.05) is 13.1 Å². The second kappa shape index (κ2) is 5.03. The van der Waals surface area contributed by atoms with Crippen LogP contribution < -0.4 is 0 Å². The van der Waals surface area contributed by atoms with Crippen molar-refractivity contribution in [2.24, 2.45) is 22.2 Å². The summed E-state index contributed by atoms with van der Waals surface area (Å²) in [6.45, 7) is 15.2. The Morgan fingerprint density at radius 1 is 1.00 bits per heavy atom. The van der Waals surface area contributed by atoms with E-state index in [1.54, 1.807) is 0 Å². The van der Waals surface area contributed by atoms with Gasteiger partial charge in [-0.1, -0.05) is 41.5 Å². The minimum atomic E-state index is -0.228. The summed E-state index contributed by atoms with van der Waals surface area (Å²) in [5.74, 6) is 1.20. The standard InChI is InChI=1S/C18H33NO/c1-16(2,3)14-7-9-18(10-8-14)11-12-19(13-18)15(20)17(4,5)6/h14H,7-13H2,1-6H3. The van der Waals surface area contributed by atoms with Crippen molar-refractivity contribution in [1.82, 2.24) is 4.90 Å². The zero-order chi connectivity index (χ0) is 15.2. The summed E-state index contributed by atoms with van der Waals surface area (Å²) in [6, 6.07) is 0. The lowest BCUT2D eigenvalue weighted by Crippen LogP contribution is -2.40. The van der Waals surface area contributed by atoms with Crippen LogP contribution in [0.2, 0.25) is 0 Å². The smallest absolute Gasteiger partial charge is 0.227 e. The Bertz CT molecular complexity index is 364. The fourth-order valence-electron chi connectivity index (χ4n) is 4.09. The molecule has 0 aromatic rings. The van der Waals surface area contributed by atoms with Gasteiger partial charge in [-0.05, 0) is 48.9 Å². The van der Waals surface area contributed by atoms with Crippen LogP contribution in [0, 0.1) is 22.2 Å². The Morgan fingerprint density at radius 2 is 1.55 bits per heavy atom. The lowest BCUT2D eigenvalue weighted by atomic mass is 9.64. The molecule has 20 heavy (non-hydrogen) atoms. The van der Waals surface area contributed by atoms with Gasteiger partial charge in [-0.2, -0.15) is 0 Å². The monoisotopic (exact) mass is 279 g/mol. The summed E-state index contributed by atoms with van der Waals surface area (Å²) >= 11 is 0. The first kappa shape index (κ1) is 15.9. The average Bonchev–Trinajstić information content (AvgIpc) is 2.70. The van der Waals surface area contributed by atoms with Gasteiger partial charge in [-0.15, -0.1) is 0 Å². The lowest BCUT2D eigenvalue weighted by Gasteiger charge is -2.42. The Labute approximate surface area is 125 Å². The molecule has 2 heteroatoms. The number of hydrogen-bond acceptors (Lipinski definition) is 1. The van der Waals surface area contributed by atoms with Crippen LogP contribution in [0.1, 0.15) is 73.6 Å². The topological polar surface area (TPSA) is 20.3 Å². The maximum atomic E-state index is 12.4. The number of rotatable bonds is 0. The molecule has 2 aliphatic rings. The SMILES string of the molecule is CC(C)(C)C(=O)N1CCC2(CCC(C(C)(C)C)CC2)C1.